The van der Waals surface area contributed by atoms with Crippen LogP contribution in [0.5, 0.6) is 11.5 Å². The zero-order valence-corrected chi connectivity index (χ0v) is 22.0. The van der Waals surface area contributed by atoms with E-state index in [4.69, 9.17) is 14.6 Å². The minimum atomic E-state index is -1.53. The van der Waals surface area contributed by atoms with Gasteiger partial charge in [-0.2, -0.15) is 0 Å². The molecular weight excluding hydrogens is 432 g/mol. The fourth-order valence-corrected chi connectivity index (χ4v) is 4.02. The maximum Gasteiger partial charge on any atom is 0.138 e. The first kappa shape index (κ1) is 28.1. The van der Waals surface area contributed by atoms with Gasteiger partial charge in [-0.25, -0.2) is 0 Å². The van der Waals surface area contributed by atoms with Gasteiger partial charge in [0, 0.05) is 0 Å². The SMILES string of the molecule is Cc1cc(C(O)(COCCOCCO)c2cc(C)c(O)c(C(C)(C)C)c2)cc(C(C)(C)C)c1O. The largest absolute Gasteiger partial charge is 0.507 e. The Balaban J connectivity index is 2.66. The number of aliphatic hydroxyl groups excluding tert-OH is 1. The second kappa shape index (κ2) is 10.6. The number of benzene rings is 2. The molecule has 2 aromatic carbocycles. The van der Waals surface area contributed by atoms with Gasteiger partial charge in [-0.1, -0.05) is 41.5 Å². The highest BCUT2D eigenvalue weighted by Crippen LogP contribution is 2.42. The first-order valence-corrected chi connectivity index (χ1v) is 11.8. The molecule has 0 amide bonds. The summed E-state index contributed by atoms with van der Waals surface area (Å²) in [7, 11) is 0. The Morgan fingerprint density at radius 2 is 1.09 bits per heavy atom. The molecule has 34 heavy (non-hydrogen) atoms. The first-order chi connectivity index (χ1) is 15.6. The van der Waals surface area contributed by atoms with Crippen molar-refractivity contribution in [3.8, 4) is 11.5 Å². The van der Waals surface area contributed by atoms with Crippen molar-refractivity contribution >= 4 is 0 Å². The molecule has 6 nitrogen and oxygen atoms in total. The van der Waals surface area contributed by atoms with Crippen LogP contribution in [0.25, 0.3) is 0 Å². The average molecular weight is 475 g/mol. The number of aryl methyl sites for hydroxylation is 2. The van der Waals surface area contributed by atoms with Gasteiger partial charge in [0.05, 0.1) is 33.0 Å². The Hall–Kier alpha value is -2.12. The van der Waals surface area contributed by atoms with Crippen LogP contribution in [0.2, 0.25) is 0 Å². The molecule has 0 aromatic heterocycles. The van der Waals surface area contributed by atoms with E-state index in [-0.39, 0.29) is 48.8 Å². The summed E-state index contributed by atoms with van der Waals surface area (Å²) in [4.78, 5) is 0. The van der Waals surface area contributed by atoms with Gasteiger partial charge in [-0.3, -0.25) is 0 Å². The minimum absolute atomic E-state index is 0.0446. The van der Waals surface area contributed by atoms with Crippen LogP contribution in [-0.2, 0) is 25.9 Å². The lowest BCUT2D eigenvalue weighted by atomic mass is 9.77. The fourth-order valence-electron chi connectivity index (χ4n) is 4.02. The van der Waals surface area contributed by atoms with E-state index in [0.717, 1.165) is 11.1 Å². The molecule has 0 unspecified atom stereocenters. The first-order valence-electron chi connectivity index (χ1n) is 11.8. The summed E-state index contributed by atoms with van der Waals surface area (Å²) in [5.74, 6) is 0.434. The van der Waals surface area contributed by atoms with Gasteiger partial charge in [0.15, 0.2) is 0 Å². The fraction of sp³-hybridized carbons (Fsp3) is 0.571. The van der Waals surface area contributed by atoms with Crippen molar-refractivity contribution in [3.63, 3.8) is 0 Å². The van der Waals surface area contributed by atoms with Gasteiger partial charge >= 0.3 is 0 Å². The van der Waals surface area contributed by atoms with Crippen molar-refractivity contribution < 1.29 is 29.9 Å². The smallest absolute Gasteiger partial charge is 0.138 e. The Bertz CT molecular complexity index is 912. The highest BCUT2D eigenvalue weighted by molar-refractivity contribution is 5.53. The maximum absolute atomic E-state index is 12.2. The summed E-state index contributed by atoms with van der Waals surface area (Å²) in [6.45, 7) is 16.4. The molecule has 0 saturated heterocycles. The third-order valence-corrected chi connectivity index (χ3v) is 6.09. The van der Waals surface area contributed by atoms with E-state index >= 15 is 0 Å². The van der Waals surface area contributed by atoms with Crippen molar-refractivity contribution in [1.82, 2.24) is 0 Å². The van der Waals surface area contributed by atoms with Crippen molar-refractivity contribution in [1.29, 1.82) is 0 Å². The van der Waals surface area contributed by atoms with Crippen LogP contribution in [0, 0.1) is 13.8 Å². The predicted molar refractivity (Wildman–Crippen MR) is 135 cm³/mol. The lowest BCUT2D eigenvalue weighted by Crippen LogP contribution is -2.35. The number of hydrogen-bond donors (Lipinski definition) is 4. The zero-order valence-electron chi connectivity index (χ0n) is 22.0. The number of ether oxygens (including phenoxy) is 2. The lowest BCUT2D eigenvalue weighted by molar-refractivity contribution is -0.0410. The molecule has 0 radical (unpaired) electrons. The topological polar surface area (TPSA) is 99.4 Å². The molecule has 0 fully saturated rings. The summed E-state index contributed by atoms with van der Waals surface area (Å²) in [6, 6.07) is 7.25. The molecule has 0 heterocycles. The molecule has 4 N–H and O–H groups in total. The molecule has 190 valence electrons. The molecule has 0 bridgehead atoms. The summed E-state index contributed by atoms with van der Waals surface area (Å²) in [5.41, 5.74) is 1.80. The Kier molecular flexibility index (Phi) is 8.81. The minimum Gasteiger partial charge on any atom is -0.507 e. The van der Waals surface area contributed by atoms with Gasteiger partial charge < -0.3 is 29.9 Å². The Labute approximate surface area is 204 Å². The van der Waals surface area contributed by atoms with Crippen LogP contribution in [0.3, 0.4) is 0 Å². The van der Waals surface area contributed by atoms with E-state index < -0.39 is 5.60 Å². The molecule has 2 aromatic rings. The third kappa shape index (κ3) is 6.30. The highest BCUT2D eigenvalue weighted by atomic mass is 16.5. The molecule has 0 aliphatic heterocycles. The number of hydrogen-bond acceptors (Lipinski definition) is 6. The van der Waals surface area contributed by atoms with E-state index in [1.54, 1.807) is 12.1 Å². The highest BCUT2D eigenvalue weighted by Gasteiger charge is 2.36. The van der Waals surface area contributed by atoms with Gasteiger partial charge in [0.25, 0.3) is 0 Å². The summed E-state index contributed by atoms with van der Waals surface area (Å²) >= 11 is 0. The molecule has 6 heteroatoms. The average Bonchev–Trinajstić information content (AvgIpc) is 2.72. The number of phenols is 2. The van der Waals surface area contributed by atoms with Crippen molar-refractivity contribution in [2.45, 2.75) is 71.8 Å². The molecule has 2 rings (SSSR count). The van der Waals surface area contributed by atoms with Crippen LogP contribution in [0.4, 0.5) is 0 Å². The third-order valence-electron chi connectivity index (χ3n) is 6.09. The normalized spacial score (nSPS) is 12.9. The lowest BCUT2D eigenvalue weighted by Gasteiger charge is -2.33. The van der Waals surface area contributed by atoms with E-state index in [0.29, 0.717) is 28.9 Å². The number of rotatable bonds is 9. The Morgan fingerprint density at radius 3 is 1.47 bits per heavy atom. The van der Waals surface area contributed by atoms with Crippen LogP contribution in [-0.4, -0.2) is 53.5 Å². The quantitative estimate of drug-likeness (QED) is 0.397. The molecule has 0 atom stereocenters. The van der Waals surface area contributed by atoms with Crippen molar-refractivity contribution in [2.75, 3.05) is 33.0 Å². The second-order valence-electron chi connectivity index (χ2n) is 11.1. The standard InChI is InChI=1S/C28H42O6/c1-18-13-20(15-22(24(18)30)26(3,4)5)28(32,17-34-12-11-33-10-9-29)21-14-19(2)25(31)23(16-21)27(6,7)8/h13-16,29-32H,9-12,17H2,1-8H3. The molecule has 0 aliphatic rings. The van der Waals surface area contributed by atoms with Gasteiger partial charge in [-0.15, -0.1) is 0 Å². The zero-order chi connectivity index (χ0) is 25.9. The van der Waals surface area contributed by atoms with Crippen LogP contribution in [0.15, 0.2) is 24.3 Å². The van der Waals surface area contributed by atoms with Gasteiger partial charge in [0.2, 0.25) is 0 Å². The summed E-state index contributed by atoms with van der Waals surface area (Å²) in [5, 5.41) is 42.6. The van der Waals surface area contributed by atoms with Gasteiger partial charge in [-0.05, 0) is 82.3 Å². The number of aromatic hydroxyl groups is 2. The Morgan fingerprint density at radius 1 is 0.676 bits per heavy atom. The van der Waals surface area contributed by atoms with Crippen LogP contribution < -0.4 is 0 Å². The summed E-state index contributed by atoms with van der Waals surface area (Å²) < 4.78 is 11.1. The van der Waals surface area contributed by atoms with E-state index in [2.05, 4.69) is 0 Å². The maximum atomic E-state index is 12.2. The number of phenolic OH excluding ortho intramolecular Hbond substituents is 2. The van der Waals surface area contributed by atoms with E-state index in [1.807, 2.05) is 67.5 Å². The van der Waals surface area contributed by atoms with Crippen LogP contribution >= 0.6 is 0 Å². The monoisotopic (exact) mass is 474 g/mol. The van der Waals surface area contributed by atoms with E-state index in [9.17, 15) is 15.3 Å². The molecule has 0 aliphatic carbocycles. The van der Waals surface area contributed by atoms with E-state index in [1.165, 1.54) is 0 Å². The summed E-state index contributed by atoms with van der Waals surface area (Å²) in [6.07, 6.45) is 0. The predicted octanol–water partition coefficient (Wildman–Crippen LogP) is 4.57. The number of aliphatic hydroxyl groups is 2. The molecular formula is C28H42O6. The van der Waals surface area contributed by atoms with Gasteiger partial charge in [0.1, 0.15) is 17.1 Å². The molecule has 0 saturated carbocycles. The van der Waals surface area contributed by atoms with Crippen LogP contribution in [0.1, 0.15) is 74.9 Å². The van der Waals surface area contributed by atoms with Crippen molar-refractivity contribution in [3.05, 3.63) is 57.6 Å². The molecule has 0 spiro atoms. The van der Waals surface area contributed by atoms with Crippen molar-refractivity contribution in [2.24, 2.45) is 0 Å². The second-order valence-corrected chi connectivity index (χ2v) is 11.1.